The maximum atomic E-state index is 12.3. The van der Waals surface area contributed by atoms with E-state index in [9.17, 15) is 4.79 Å². The van der Waals surface area contributed by atoms with Gasteiger partial charge in [0.1, 0.15) is 17.2 Å². The highest BCUT2D eigenvalue weighted by molar-refractivity contribution is 5.86. The van der Waals surface area contributed by atoms with E-state index in [0.717, 1.165) is 39.2 Å². The molecule has 3 heterocycles. The first kappa shape index (κ1) is 15.7. The standard InChI is InChI=1S/C20H20N2O3/c1-4-14-13(3)15-5-6-17-16(19(15)25-20(14)23)10-22(11-24-17)18-9-12(2)7-8-21-18/h5-9H,4,10-11H2,1-3H3. The summed E-state index contributed by atoms with van der Waals surface area (Å²) < 4.78 is 11.6. The maximum Gasteiger partial charge on any atom is 0.339 e. The van der Waals surface area contributed by atoms with Gasteiger partial charge in [-0.05, 0) is 55.7 Å². The van der Waals surface area contributed by atoms with E-state index in [-0.39, 0.29) is 5.63 Å². The molecule has 25 heavy (non-hydrogen) atoms. The second-order valence-electron chi connectivity index (χ2n) is 6.43. The number of fused-ring (bicyclic) bond motifs is 3. The molecule has 3 aromatic rings. The Morgan fingerprint density at radius 2 is 2.08 bits per heavy atom. The minimum absolute atomic E-state index is 0.258. The fraction of sp³-hybridized carbons (Fsp3) is 0.300. The first-order valence-corrected chi connectivity index (χ1v) is 8.47. The number of hydrogen-bond acceptors (Lipinski definition) is 5. The van der Waals surface area contributed by atoms with Crippen LogP contribution in [0.5, 0.6) is 5.75 Å². The number of hydrogen-bond donors (Lipinski definition) is 0. The number of rotatable bonds is 2. The van der Waals surface area contributed by atoms with Gasteiger partial charge < -0.3 is 14.1 Å². The molecule has 0 aliphatic carbocycles. The van der Waals surface area contributed by atoms with Gasteiger partial charge in [0.05, 0.1) is 12.1 Å². The molecular formula is C20H20N2O3. The van der Waals surface area contributed by atoms with Crippen molar-refractivity contribution < 1.29 is 9.15 Å². The lowest BCUT2D eigenvalue weighted by Crippen LogP contribution is -2.32. The van der Waals surface area contributed by atoms with Crippen LogP contribution in [0.1, 0.15) is 29.2 Å². The Morgan fingerprint density at radius 3 is 2.84 bits per heavy atom. The van der Waals surface area contributed by atoms with Gasteiger partial charge in [-0.3, -0.25) is 0 Å². The SMILES string of the molecule is CCc1c(C)c2ccc3c(c2oc1=O)CN(c1cc(C)ccn1)CO3. The minimum atomic E-state index is -0.258. The van der Waals surface area contributed by atoms with Crippen molar-refractivity contribution in [1.82, 2.24) is 4.98 Å². The quantitative estimate of drug-likeness (QED) is 0.668. The van der Waals surface area contributed by atoms with E-state index >= 15 is 0 Å². The van der Waals surface area contributed by atoms with Crippen LogP contribution in [0.4, 0.5) is 5.82 Å². The number of anilines is 1. The fourth-order valence-corrected chi connectivity index (χ4v) is 3.41. The summed E-state index contributed by atoms with van der Waals surface area (Å²) in [6.45, 7) is 7.00. The van der Waals surface area contributed by atoms with E-state index in [1.165, 1.54) is 0 Å². The average Bonchev–Trinajstić information content (AvgIpc) is 2.61. The van der Waals surface area contributed by atoms with Crippen molar-refractivity contribution in [2.24, 2.45) is 0 Å². The predicted octanol–water partition coefficient (Wildman–Crippen LogP) is 3.72. The smallest absolute Gasteiger partial charge is 0.339 e. The topological polar surface area (TPSA) is 55.6 Å². The lowest BCUT2D eigenvalue weighted by molar-refractivity contribution is 0.288. The molecule has 0 unspecified atom stereocenters. The van der Waals surface area contributed by atoms with Crippen LogP contribution >= 0.6 is 0 Å². The first-order chi connectivity index (χ1) is 12.1. The molecule has 0 fully saturated rings. The molecule has 2 aromatic heterocycles. The van der Waals surface area contributed by atoms with Gasteiger partial charge in [0, 0.05) is 17.1 Å². The van der Waals surface area contributed by atoms with Gasteiger partial charge in [-0.1, -0.05) is 6.92 Å². The molecule has 0 atom stereocenters. The molecule has 128 valence electrons. The number of ether oxygens (including phenoxy) is 1. The van der Waals surface area contributed by atoms with Gasteiger partial charge in [-0.25, -0.2) is 9.78 Å². The van der Waals surface area contributed by atoms with Crippen LogP contribution in [0, 0.1) is 13.8 Å². The Morgan fingerprint density at radius 1 is 1.24 bits per heavy atom. The molecule has 0 spiro atoms. The van der Waals surface area contributed by atoms with E-state index in [1.807, 2.05) is 49.9 Å². The van der Waals surface area contributed by atoms with Crippen molar-refractivity contribution in [3.8, 4) is 5.75 Å². The number of aryl methyl sites for hydroxylation is 2. The summed E-state index contributed by atoms with van der Waals surface area (Å²) in [6.07, 6.45) is 2.46. The zero-order valence-electron chi connectivity index (χ0n) is 14.6. The second-order valence-corrected chi connectivity index (χ2v) is 6.43. The van der Waals surface area contributed by atoms with E-state index < -0.39 is 0 Å². The minimum Gasteiger partial charge on any atom is -0.473 e. The third-order valence-corrected chi connectivity index (χ3v) is 4.82. The van der Waals surface area contributed by atoms with Crippen molar-refractivity contribution in [3.63, 3.8) is 0 Å². The molecule has 4 rings (SSSR count). The Bertz CT molecular complexity index is 1020. The molecule has 1 aliphatic rings. The Hall–Kier alpha value is -2.82. The molecule has 0 N–H and O–H groups in total. The molecule has 0 amide bonds. The zero-order chi connectivity index (χ0) is 17.6. The molecule has 0 saturated heterocycles. The van der Waals surface area contributed by atoms with Gasteiger partial charge in [-0.15, -0.1) is 0 Å². The largest absolute Gasteiger partial charge is 0.473 e. The normalized spacial score (nSPS) is 13.6. The lowest BCUT2D eigenvalue weighted by atomic mass is 10.0. The van der Waals surface area contributed by atoms with E-state index in [4.69, 9.17) is 9.15 Å². The Labute approximate surface area is 145 Å². The van der Waals surface area contributed by atoms with Crippen molar-refractivity contribution in [2.75, 3.05) is 11.6 Å². The van der Waals surface area contributed by atoms with E-state index in [0.29, 0.717) is 25.3 Å². The second kappa shape index (κ2) is 5.92. The van der Waals surface area contributed by atoms with E-state index in [2.05, 4.69) is 4.98 Å². The third-order valence-electron chi connectivity index (χ3n) is 4.82. The van der Waals surface area contributed by atoms with Crippen LogP contribution in [0.25, 0.3) is 11.0 Å². The highest BCUT2D eigenvalue weighted by Crippen LogP contribution is 2.34. The molecular weight excluding hydrogens is 316 g/mol. The van der Waals surface area contributed by atoms with Crippen molar-refractivity contribution in [1.29, 1.82) is 0 Å². The average molecular weight is 336 g/mol. The Kier molecular flexibility index (Phi) is 3.71. The zero-order valence-corrected chi connectivity index (χ0v) is 14.6. The monoisotopic (exact) mass is 336 g/mol. The number of benzene rings is 1. The Balaban J connectivity index is 1.86. The molecule has 5 heteroatoms. The number of pyridine rings is 1. The van der Waals surface area contributed by atoms with Crippen molar-refractivity contribution in [3.05, 3.63) is 63.1 Å². The molecule has 0 saturated carbocycles. The maximum absolute atomic E-state index is 12.3. The summed E-state index contributed by atoms with van der Waals surface area (Å²) in [5.41, 5.74) is 4.13. The molecule has 1 aliphatic heterocycles. The van der Waals surface area contributed by atoms with Crippen molar-refractivity contribution >= 4 is 16.8 Å². The van der Waals surface area contributed by atoms with Gasteiger partial charge in [0.15, 0.2) is 6.73 Å². The van der Waals surface area contributed by atoms with Crippen LogP contribution < -0.4 is 15.3 Å². The third kappa shape index (κ3) is 2.56. The fourth-order valence-electron chi connectivity index (χ4n) is 3.41. The molecule has 1 aromatic carbocycles. The van der Waals surface area contributed by atoms with Crippen LogP contribution in [0.15, 0.2) is 39.7 Å². The summed E-state index contributed by atoms with van der Waals surface area (Å²) >= 11 is 0. The van der Waals surface area contributed by atoms with Crippen LogP contribution in [-0.4, -0.2) is 11.7 Å². The van der Waals surface area contributed by atoms with Crippen molar-refractivity contribution in [2.45, 2.75) is 33.7 Å². The number of nitrogens with zero attached hydrogens (tertiary/aromatic N) is 2. The van der Waals surface area contributed by atoms with Gasteiger partial charge >= 0.3 is 5.63 Å². The van der Waals surface area contributed by atoms with Gasteiger partial charge in [0.2, 0.25) is 0 Å². The molecule has 0 bridgehead atoms. The van der Waals surface area contributed by atoms with Crippen LogP contribution in [0.3, 0.4) is 0 Å². The summed E-state index contributed by atoms with van der Waals surface area (Å²) in [5, 5.41) is 0.970. The summed E-state index contributed by atoms with van der Waals surface area (Å²) in [5.74, 6) is 1.62. The van der Waals surface area contributed by atoms with E-state index in [1.54, 1.807) is 6.20 Å². The first-order valence-electron chi connectivity index (χ1n) is 8.47. The van der Waals surface area contributed by atoms with Gasteiger partial charge in [-0.2, -0.15) is 0 Å². The van der Waals surface area contributed by atoms with Crippen LogP contribution in [-0.2, 0) is 13.0 Å². The molecule has 5 nitrogen and oxygen atoms in total. The van der Waals surface area contributed by atoms with Gasteiger partial charge in [0.25, 0.3) is 0 Å². The number of aromatic nitrogens is 1. The summed E-state index contributed by atoms with van der Waals surface area (Å²) in [7, 11) is 0. The summed E-state index contributed by atoms with van der Waals surface area (Å²) in [4.78, 5) is 18.8. The summed E-state index contributed by atoms with van der Waals surface area (Å²) in [6, 6.07) is 7.93. The molecule has 0 radical (unpaired) electrons. The predicted molar refractivity (Wildman–Crippen MR) is 97.3 cm³/mol. The lowest BCUT2D eigenvalue weighted by Gasteiger charge is -2.30. The highest BCUT2D eigenvalue weighted by atomic mass is 16.5. The van der Waals surface area contributed by atoms with Crippen LogP contribution in [0.2, 0.25) is 0 Å². The highest BCUT2D eigenvalue weighted by Gasteiger charge is 2.23.